The van der Waals surface area contributed by atoms with E-state index in [0.29, 0.717) is 4.90 Å². The van der Waals surface area contributed by atoms with Crippen LogP contribution in [0, 0.1) is 0 Å². The molecule has 0 amide bonds. The predicted octanol–water partition coefficient (Wildman–Crippen LogP) is 3.29. The molecule has 2 nitrogen and oxygen atoms in total. The molecule has 1 atom stereocenters. The first-order valence-corrected chi connectivity index (χ1v) is 10.3. The van der Waals surface area contributed by atoms with E-state index in [9.17, 15) is 4.21 Å². The molecule has 1 unspecified atom stereocenters. The molecule has 0 saturated heterocycles. The standard InChI is InChI=1S/C23H28O2S.Na.H/c1-16(14-17-6-9-19(10-7-17)26(24)25)18-8-11-20-21(15-18)23(4,5)13-12-22(20,2)3;;/h6-11,14-15H,12-13H2,1-5H3,(H,24,25);;/q;+1;-1. The molecule has 27 heavy (non-hydrogen) atoms. The zero-order chi connectivity index (χ0) is 19.1. The molecule has 0 saturated carbocycles. The maximum absolute atomic E-state index is 11.1. The van der Waals surface area contributed by atoms with Crippen LogP contribution in [0.25, 0.3) is 11.6 Å². The maximum Gasteiger partial charge on any atom is 1.00 e. The van der Waals surface area contributed by atoms with Crippen molar-refractivity contribution in [2.75, 3.05) is 0 Å². The van der Waals surface area contributed by atoms with Gasteiger partial charge in [-0.15, -0.1) is 0 Å². The Morgan fingerprint density at radius 3 is 2.11 bits per heavy atom. The average Bonchev–Trinajstić information content (AvgIpc) is 2.59. The first-order valence-electron chi connectivity index (χ1n) is 9.15. The molecular formula is C23H29NaO2S. The number of hydrogen-bond donors (Lipinski definition) is 1. The minimum Gasteiger partial charge on any atom is -1.00 e. The number of benzene rings is 2. The van der Waals surface area contributed by atoms with E-state index >= 15 is 0 Å². The van der Waals surface area contributed by atoms with Crippen LogP contribution in [0.15, 0.2) is 47.4 Å². The Morgan fingerprint density at radius 2 is 1.56 bits per heavy atom. The van der Waals surface area contributed by atoms with E-state index in [4.69, 9.17) is 4.55 Å². The third-order valence-electron chi connectivity index (χ3n) is 5.77. The second kappa shape index (κ2) is 8.34. The summed E-state index contributed by atoms with van der Waals surface area (Å²) >= 11 is -1.92. The molecule has 4 heteroatoms. The Bertz CT molecular complexity index is 886. The fraction of sp³-hybridized carbons (Fsp3) is 0.391. The Balaban J connectivity index is 0.00000196. The van der Waals surface area contributed by atoms with Gasteiger partial charge in [0.2, 0.25) is 0 Å². The van der Waals surface area contributed by atoms with Gasteiger partial charge in [0.05, 0.1) is 4.90 Å². The largest absolute Gasteiger partial charge is 1.00 e. The van der Waals surface area contributed by atoms with E-state index in [-0.39, 0.29) is 41.8 Å². The summed E-state index contributed by atoms with van der Waals surface area (Å²) < 4.78 is 20.2. The molecule has 1 N–H and O–H groups in total. The third kappa shape index (κ3) is 4.83. The van der Waals surface area contributed by atoms with Crippen LogP contribution in [0.4, 0.5) is 0 Å². The first-order chi connectivity index (χ1) is 12.1. The summed E-state index contributed by atoms with van der Waals surface area (Å²) in [5.41, 5.74) is 6.85. The van der Waals surface area contributed by atoms with Gasteiger partial charge in [-0.05, 0) is 70.6 Å². The Morgan fingerprint density at radius 1 is 1.00 bits per heavy atom. The van der Waals surface area contributed by atoms with Crippen LogP contribution in [0.3, 0.4) is 0 Å². The summed E-state index contributed by atoms with van der Waals surface area (Å²) in [4.78, 5) is 0.428. The van der Waals surface area contributed by atoms with Gasteiger partial charge >= 0.3 is 29.6 Å². The van der Waals surface area contributed by atoms with Crippen molar-refractivity contribution in [3.63, 3.8) is 0 Å². The molecular weight excluding hydrogens is 363 g/mol. The SMILES string of the molecule is CC(=Cc1ccc(S(=O)O)cc1)c1ccc2c(c1)C(C)(C)CCC2(C)C.[H-].[Na+]. The van der Waals surface area contributed by atoms with E-state index in [0.717, 1.165) is 5.56 Å². The van der Waals surface area contributed by atoms with Crippen molar-refractivity contribution in [2.24, 2.45) is 0 Å². The van der Waals surface area contributed by atoms with Crippen molar-refractivity contribution >= 4 is 22.7 Å². The van der Waals surface area contributed by atoms with Crippen molar-refractivity contribution < 1.29 is 39.7 Å². The zero-order valence-corrected chi connectivity index (χ0v) is 20.1. The summed E-state index contributed by atoms with van der Waals surface area (Å²) in [5, 5.41) is 0. The molecule has 0 radical (unpaired) electrons. The van der Waals surface area contributed by atoms with Gasteiger partial charge < -0.3 is 5.98 Å². The second-order valence-electron chi connectivity index (χ2n) is 8.67. The van der Waals surface area contributed by atoms with Gasteiger partial charge in [-0.2, -0.15) is 0 Å². The maximum atomic E-state index is 11.1. The molecule has 0 spiro atoms. The Hall–Kier alpha value is -0.710. The summed E-state index contributed by atoms with van der Waals surface area (Å²) in [7, 11) is 0. The summed E-state index contributed by atoms with van der Waals surface area (Å²) in [6, 6.07) is 14.1. The molecule has 0 fully saturated rings. The van der Waals surface area contributed by atoms with E-state index in [1.807, 2.05) is 12.1 Å². The molecule has 0 bridgehead atoms. The van der Waals surface area contributed by atoms with Crippen molar-refractivity contribution in [3.8, 4) is 0 Å². The number of hydrogen-bond acceptors (Lipinski definition) is 1. The minimum absolute atomic E-state index is 0. The van der Waals surface area contributed by atoms with Crippen molar-refractivity contribution in [2.45, 2.75) is 63.2 Å². The van der Waals surface area contributed by atoms with E-state index in [2.05, 4.69) is 58.9 Å². The van der Waals surface area contributed by atoms with Gasteiger partial charge in [-0.1, -0.05) is 64.1 Å². The quantitative estimate of drug-likeness (QED) is 0.494. The molecule has 0 aliphatic heterocycles. The first kappa shape index (κ1) is 22.6. The van der Waals surface area contributed by atoms with Gasteiger partial charge in [0.25, 0.3) is 0 Å². The van der Waals surface area contributed by atoms with Crippen LogP contribution in [0.5, 0.6) is 0 Å². The molecule has 2 aromatic carbocycles. The van der Waals surface area contributed by atoms with Crippen LogP contribution >= 0.6 is 0 Å². The normalized spacial score (nSPS) is 19.0. The predicted molar refractivity (Wildman–Crippen MR) is 112 cm³/mol. The molecule has 1 aliphatic carbocycles. The zero-order valence-electron chi connectivity index (χ0n) is 18.3. The van der Waals surface area contributed by atoms with Crippen LogP contribution in [0.2, 0.25) is 0 Å². The second-order valence-corrected chi connectivity index (χ2v) is 9.64. The van der Waals surface area contributed by atoms with Gasteiger partial charge in [0, 0.05) is 0 Å². The van der Waals surface area contributed by atoms with Crippen LogP contribution in [-0.4, -0.2) is 8.76 Å². The molecule has 0 heterocycles. The van der Waals surface area contributed by atoms with Crippen molar-refractivity contribution in [1.82, 2.24) is 0 Å². The molecule has 2 aromatic rings. The summed E-state index contributed by atoms with van der Waals surface area (Å²) in [6.45, 7) is 11.5. The average molecular weight is 393 g/mol. The van der Waals surface area contributed by atoms with Gasteiger partial charge in [0.15, 0.2) is 11.1 Å². The smallest absolute Gasteiger partial charge is 1.00 e. The number of allylic oxidation sites excluding steroid dienone is 1. The van der Waals surface area contributed by atoms with Crippen LogP contribution in [0.1, 0.15) is 71.1 Å². The topological polar surface area (TPSA) is 37.3 Å². The fourth-order valence-corrected chi connectivity index (χ4v) is 4.22. The van der Waals surface area contributed by atoms with Gasteiger partial charge in [-0.25, -0.2) is 4.21 Å². The van der Waals surface area contributed by atoms with E-state index in [1.54, 1.807) is 12.1 Å². The Kier molecular flexibility index (Phi) is 6.98. The molecule has 140 valence electrons. The monoisotopic (exact) mass is 392 g/mol. The summed E-state index contributed by atoms with van der Waals surface area (Å²) in [5.74, 6) is 0. The van der Waals surface area contributed by atoms with E-state index < -0.39 is 11.1 Å². The van der Waals surface area contributed by atoms with Crippen LogP contribution in [-0.2, 0) is 21.9 Å². The molecule has 0 aromatic heterocycles. The van der Waals surface area contributed by atoms with E-state index in [1.165, 1.54) is 35.1 Å². The number of fused-ring (bicyclic) bond motifs is 1. The van der Waals surface area contributed by atoms with Gasteiger partial charge in [0.1, 0.15) is 0 Å². The van der Waals surface area contributed by atoms with Crippen molar-refractivity contribution in [3.05, 3.63) is 64.7 Å². The minimum atomic E-state index is -1.92. The molecule has 1 aliphatic rings. The van der Waals surface area contributed by atoms with Crippen molar-refractivity contribution in [1.29, 1.82) is 0 Å². The Labute approximate surface area is 189 Å². The fourth-order valence-electron chi connectivity index (χ4n) is 3.85. The van der Waals surface area contributed by atoms with Crippen LogP contribution < -0.4 is 29.6 Å². The van der Waals surface area contributed by atoms with Gasteiger partial charge in [-0.3, -0.25) is 0 Å². The molecule has 3 rings (SSSR count). The number of rotatable bonds is 3. The third-order valence-corrected chi connectivity index (χ3v) is 6.45. The summed E-state index contributed by atoms with van der Waals surface area (Å²) in [6.07, 6.45) is 4.56.